The summed E-state index contributed by atoms with van der Waals surface area (Å²) in [6, 6.07) is 3.71. The molecule has 4 bridgehead atoms. The van der Waals surface area contributed by atoms with Gasteiger partial charge in [-0.15, -0.1) is 0 Å². The molecule has 2 aromatic carbocycles. The summed E-state index contributed by atoms with van der Waals surface area (Å²) in [7, 11) is 4.56. The van der Waals surface area contributed by atoms with Crippen LogP contribution in [0.4, 0.5) is 0 Å². The molecule has 4 saturated carbocycles. The molecule has 6 aliphatic carbocycles. The van der Waals surface area contributed by atoms with Crippen molar-refractivity contribution < 1.29 is 48.5 Å². The zero-order chi connectivity index (χ0) is 35.5. The molecule has 2 aromatic rings. The van der Waals surface area contributed by atoms with Crippen LogP contribution in [-0.2, 0) is 33.3 Å². The molecule has 6 fully saturated rings. The van der Waals surface area contributed by atoms with Crippen molar-refractivity contribution >= 4 is 11.6 Å². The first-order valence-electron chi connectivity index (χ1n) is 20.1. The quantitative estimate of drug-likeness (QED) is 0.348. The maximum absolute atomic E-state index is 13.7. The molecule has 4 N–H and O–H groups in total. The summed E-state index contributed by atoms with van der Waals surface area (Å²) >= 11 is 0. The lowest BCUT2D eigenvalue weighted by Gasteiger charge is -2.64. The normalized spacial score (nSPS) is 45.6. The van der Waals surface area contributed by atoms with Crippen LogP contribution in [0, 0.1) is 11.8 Å². The van der Waals surface area contributed by atoms with E-state index in [1.165, 1.54) is 25.7 Å². The molecule has 2 saturated heterocycles. The fourth-order valence-electron chi connectivity index (χ4n) is 14.4. The monoisotopic (exact) mass is 710 g/mol. The van der Waals surface area contributed by atoms with E-state index in [4.69, 9.17) is 9.47 Å². The van der Waals surface area contributed by atoms with Gasteiger partial charge >= 0.3 is 0 Å². The predicted octanol–water partition coefficient (Wildman–Crippen LogP) is 3.32. The number of phenolic OH excluding ortho intramolecular Hbond substituents is 2. The fourth-order valence-corrected chi connectivity index (χ4v) is 14.4. The number of phenols is 2. The molecule has 2 spiro atoms. The number of ketones is 2. The number of benzene rings is 2. The lowest BCUT2D eigenvalue weighted by molar-refractivity contribution is -0.950. The lowest BCUT2D eigenvalue weighted by atomic mass is 9.48. The number of carbonyl (C=O) groups is 2. The van der Waals surface area contributed by atoms with Crippen molar-refractivity contribution in [2.24, 2.45) is 11.8 Å². The molecule has 274 valence electrons. The Morgan fingerprint density at radius 2 is 1.08 bits per heavy atom. The van der Waals surface area contributed by atoms with Crippen molar-refractivity contribution in [2.45, 2.75) is 123 Å². The number of Topliss-reactive ketones (excluding diaryl/α,β-unsaturated/α-hetero) is 2. The van der Waals surface area contributed by atoms with Gasteiger partial charge in [-0.1, -0.05) is 0 Å². The minimum Gasteiger partial charge on any atom is -0.504 e. The molecule has 0 radical (unpaired) electrons. The summed E-state index contributed by atoms with van der Waals surface area (Å²) < 4.78 is 14.7. The molecule has 10 nitrogen and oxygen atoms in total. The van der Waals surface area contributed by atoms with Crippen LogP contribution in [0.2, 0.25) is 0 Å². The number of hydrogen-bond donors (Lipinski definition) is 4. The smallest absolute Gasteiger partial charge is 0.174 e. The number of likely N-dealkylation sites (N-methyl/N-ethyl adjacent to an activating group) is 2. The van der Waals surface area contributed by atoms with Gasteiger partial charge in [0.1, 0.15) is 23.3 Å². The van der Waals surface area contributed by atoms with E-state index < -0.39 is 34.2 Å². The van der Waals surface area contributed by atoms with Crippen LogP contribution in [0.5, 0.6) is 23.0 Å². The molecule has 10 atom stereocenters. The summed E-state index contributed by atoms with van der Waals surface area (Å²) in [6.45, 7) is 3.71. The molecule has 4 unspecified atom stereocenters. The van der Waals surface area contributed by atoms with Crippen LogP contribution >= 0.6 is 0 Å². The third-order valence-electron chi connectivity index (χ3n) is 17.1. The van der Waals surface area contributed by atoms with Gasteiger partial charge in [-0.05, 0) is 61.8 Å². The van der Waals surface area contributed by atoms with Gasteiger partial charge in [0.15, 0.2) is 46.8 Å². The first-order valence-corrected chi connectivity index (χ1v) is 20.1. The van der Waals surface area contributed by atoms with Crippen LogP contribution in [0.25, 0.3) is 11.1 Å². The molecule has 52 heavy (non-hydrogen) atoms. The van der Waals surface area contributed by atoms with E-state index in [1.807, 2.05) is 12.1 Å². The average Bonchev–Trinajstić information content (AvgIpc) is 4.03. The van der Waals surface area contributed by atoms with Gasteiger partial charge in [0.05, 0.1) is 51.1 Å². The van der Waals surface area contributed by atoms with Crippen molar-refractivity contribution in [3.63, 3.8) is 0 Å². The molecule has 12 rings (SSSR count). The number of aliphatic hydroxyl groups is 2. The number of aromatic hydroxyl groups is 2. The van der Waals surface area contributed by atoms with E-state index in [1.54, 1.807) is 0 Å². The van der Waals surface area contributed by atoms with Gasteiger partial charge in [-0.25, -0.2) is 0 Å². The number of rotatable bonds is 5. The van der Waals surface area contributed by atoms with Gasteiger partial charge < -0.3 is 38.9 Å². The third kappa shape index (κ3) is 3.29. The molecule has 10 heteroatoms. The Morgan fingerprint density at radius 1 is 0.673 bits per heavy atom. The maximum atomic E-state index is 13.7. The average molecular weight is 711 g/mol. The summed E-state index contributed by atoms with van der Waals surface area (Å²) in [5.41, 5.74) is 0.233. The van der Waals surface area contributed by atoms with Crippen LogP contribution in [0.1, 0.15) is 86.5 Å². The number of quaternary nitrogens is 2. The highest BCUT2D eigenvalue weighted by molar-refractivity contribution is 5.94. The first kappa shape index (κ1) is 31.2. The second-order valence-corrected chi connectivity index (χ2v) is 19.6. The summed E-state index contributed by atoms with van der Waals surface area (Å²) in [5, 5.41) is 50.3. The Morgan fingerprint density at radius 3 is 1.46 bits per heavy atom. The topological polar surface area (TPSA) is 134 Å². The van der Waals surface area contributed by atoms with Crippen LogP contribution in [0.3, 0.4) is 0 Å². The third-order valence-corrected chi connectivity index (χ3v) is 17.1. The molecular weight excluding hydrogens is 660 g/mol. The Bertz CT molecular complexity index is 1930. The van der Waals surface area contributed by atoms with E-state index in [9.17, 15) is 30.0 Å². The number of nitrogens with zero attached hydrogens (tertiary/aromatic N) is 2. The fraction of sp³-hybridized carbons (Fsp3) is 0.667. The Labute approximate surface area is 303 Å². The number of hydrogen-bond acceptors (Lipinski definition) is 8. The van der Waals surface area contributed by atoms with E-state index >= 15 is 0 Å². The van der Waals surface area contributed by atoms with Crippen molar-refractivity contribution in [3.8, 4) is 34.1 Å². The molecule has 0 amide bonds. The molecule has 0 aromatic heterocycles. The van der Waals surface area contributed by atoms with Crippen molar-refractivity contribution in [1.29, 1.82) is 0 Å². The molecule has 4 heterocycles. The van der Waals surface area contributed by atoms with Gasteiger partial charge in [0.2, 0.25) is 0 Å². The van der Waals surface area contributed by atoms with Gasteiger partial charge in [0, 0.05) is 72.6 Å². The summed E-state index contributed by atoms with van der Waals surface area (Å²) in [5.74, 6) is 1.53. The van der Waals surface area contributed by atoms with Crippen LogP contribution in [0.15, 0.2) is 12.1 Å². The van der Waals surface area contributed by atoms with Crippen molar-refractivity contribution in [1.82, 2.24) is 0 Å². The van der Waals surface area contributed by atoms with Gasteiger partial charge in [-0.2, -0.15) is 0 Å². The number of ether oxygens (including phenoxy) is 2. The minimum atomic E-state index is -1.13. The van der Waals surface area contributed by atoms with Crippen LogP contribution < -0.4 is 9.47 Å². The Balaban J connectivity index is 1.05. The summed E-state index contributed by atoms with van der Waals surface area (Å²) in [4.78, 5) is 27.4. The van der Waals surface area contributed by atoms with Gasteiger partial charge in [0.25, 0.3) is 0 Å². The van der Waals surface area contributed by atoms with E-state index in [0.717, 1.165) is 57.4 Å². The Kier molecular flexibility index (Phi) is 5.51. The molecular formula is C42H50N2O8+2. The van der Waals surface area contributed by atoms with Crippen LogP contribution in [-0.4, -0.2) is 117 Å². The second-order valence-electron chi connectivity index (χ2n) is 19.6. The van der Waals surface area contributed by atoms with E-state index in [2.05, 4.69) is 14.1 Å². The highest BCUT2D eigenvalue weighted by Gasteiger charge is 2.78. The lowest BCUT2D eigenvalue weighted by Crippen LogP contribution is -2.80. The number of likely N-dealkylation sites (tertiary alicyclic amines) is 2. The highest BCUT2D eigenvalue weighted by Crippen LogP contribution is 2.70. The first-order chi connectivity index (χ1) is 24.8. The zero-order valence-corrected chi connectivity index (χ0v) is 30.2. The van der Waals surface area contributed by atoms with Gasteiger partial charge in [-0.3, -0.25) is 9.59 Å². The second kappa shape index (κ2) is 9.19. The molecule has 10 aliphatic rings. The number of carbonyl (C=O) groups excluding carboxylic acids is 2. The van der Waals surface area contributed by atoms with E-state index in [-0.39, 0.29) is 59.5 Å². The Hall–Kier alpha value is -3.18. The maximum Gasteiger partial charge on any atom is 0.174 e. The zero-order valence-electron chi connectivity index (χ0n) is 30.2. The highest BCUT2D eigenvalue weighted by atomic mass is 16.5. The standard InChI is InChI=1S/C42H48N2O8/c1-43(19-21-3-4-21)13-11-39-31-23-15-25(33(47)35(31)51-37(39)27(45)7-9-41(39,49)29(43)17-23)26-16-24-18-30-42(50)10-8-28(46)38-40(42,32(24)36(52-38)34(26)48)12-14-44(30,2)20-22-5-6-22/h15-16,21-22,29-30,37-38,49-50H,3-14,17-20H2,1-2H3/p+2/t29-,30-,37?,38?,39+,40+,41-,42-,43?,44?/m1/s1. The predicted molar refractivity (Wildman–Crippen MR) is 187 cm³/mol. The van der Waals surface area contributed by atoms with E-state index in [0.29, 0.717) is 61.5 Å². The van der Waals surface area contributed by atoms with Crippen molar-refractivity contribution in [2.75, 3.05) is 40.3 Å². The number of piperidine rings is 2. The minimum absolute atomic E-state index is 0.0251. The largest absolute Gasteiger partial charge is 0.504 e. The summed E-state index contributed by atoms with van der Waals surface area (Å²) in [6.07, 6.45) is 6.86. The van der Waals surface area contributed by atoms with Crippen molar-refractivity contribution in [3.05, 3.63) is 34.4 Å². The SMILES string of the molecule is C[N+]1(CC2CC2)CC[C@]23c4c5cc(-c6cc7c8c(c6O)OC6C(=O)CC[C@@]9(O)[C@@H](C7)[N+](C)(CC7CC7)CC[C@]869)c(O)c4OC2C(=O)CC[C@@]3(O)[C@H]1C5. The molecule has 4 aliphatic heterocycles.